The van der Waals surface area contributed by atoms with Gasteiger partial charge in [0.2, 0.25) is 0 Å². The zero-order valence-electron chi connectivity index (χ0n) is 5.27. The van der Waals surface area contributed by atoms with E-state index in [4.69, 9.17) is 0 Å². The van der Waals surface area contributed by atoms with Crippen molar-refractivity contribution in [2.75, 3.05) is 7.05 Å². The molecule has 1 aliphatic rings. The van der Waals surface area contributed by atoms with Crippen LogP contribution in [-0.2, 0) is 4.79 Å². The minimum absolute atomic E-state index is 0.191. The molecule has 0 aromatic heterocycles. The standard InChI is InChI=1S/C4H5N3O3/c1-6-4(8)2-3(5-6)7(9)10/h2H2,1H3. The average molecular weight is 143 g/mol. The van der Waals surface area contributed by atoms with E-state index < -0.39 is 4.92 Å². The Morgan fingerprint density at radius 2 is 2.40 bits per heavy atom. The van der Waals surface area contributed by atoms with Crippen molar-refractivity contribution < 1.29 is 9.72 Å². The lowest BCUT2D eigenvalue weighted by Gasteiger charge is -1.89. The molecule has 0 saturated heterocycles. The zero-order chi connectivity index (χ0) is 7.72. The fourth-order valence-electron chi connectivity index (χ4n) is 0.615. The number of carbonyl (C=O) groups is 1. The van der Waals surface area contributed by atoms with Gasteiger partial charge in [0.1, 0.15) is 6.42 Å². The fraction of sp³-hybridized carbons (Fsp3) is 0.500. The van der Waals surface area contributed by atoms with E-state index in [9.17, 15) is 14.9 Å². The first-order valence-corrected chi connectivity index (χ1v) is 2.59. The summed E-state index contributed by atoms with van der Waals surface area (Å²) in [4.78, 5) is 19.9. The highest BCUT2D eigenvalue weighted by atomic mass is 16.6. The molecule has 0 aromatic carbocycles. The predicted molar refractivity (Wildman–Crippen MR) is 31.8 cm³/mol. The van der Waals surface area contributed by atoms with Gasteiger partial charge in [0, 0.05) is 0 Å². The van der Waals surface area contributed by atoms with Crippen LogP contribution in [0.5, 0.6) is 0 Å². The van der Waals surface area contributed by atoms with Crippen LogP contribution in [0, 0.1) is 10.1 Å². The SMILES string of the molecule is CN1N=C([N+](=O)[O-])CC1=O. The lowest BCUT2D eigenvalue weighted by Crippen LogP contribution is -2.14. The first kappa shape index (κ1) is 6.66. The Balaban J connectivity index is 2.77. The van der Waals surface area contributed by atoms with E-state index in [2.05, 4.69) is 5.10 Å². The van der Waals surface area contributed by atoms with Gasteiger partial charge in [-0.05, 0) is 4.92 Å². The first-order valence-electron chi connectivity index (χ1n) is 2.59. The number of hydrogen-bond acceptors (Lipinski definition) is 4. The molecule has 0 saturated carbocycles. The van der Waals surface area contributed by atoms with Crippen LogP contribution in [0.3, 0.4) is 0 Å². The Labute approximate surface area is 56.3 Å². The van der Waals surface area contributed by atoms with Gasteiger partial charge in [-0.1, -0.05) is 0 Å². The highest BCUT2D eigenvalue weighted by Gasteiger charge is 2.31. The molecule has 6 nitrogen and oxygen atoms in total. The number of hydrazone groups is 1. The van der Waals surface area contributed by atoms with E-state index in [1.807, 2.05) is 0 Å². The largest absolute Gasteiger partial charge is 0.373 e. The topological polar surface area (TPSA) is 75.8 Å². The molecular formula is C4H5N3O3. The summed E-state index contributed by atoms with van der Waals surface area (Å²) < 4.78 is 0. The molecule has 0 aromatic rings. The van der Waals surface area contributed by atoms with Gasteiger partial charge in [0.25, 0.3) is 5.91 Å². The summed E-state index contributed by atoms with van der Waals surface area (Å²) in [6.07, 6.45) is -0.191. The smallest absolute Gasteiger partial charge is 0.358 e. The molecule has 0 N–H and O–H groups in total. The molecule has 1 heterocycles. The van der Waals surface area contributed by atoms with Crippen LogP contribution in [0.1, 0.15) is 6.42 Å². The van der Waals surface area contributed by atoms with Crippen LogP contribution in [-0.4, -0.2) is 28.7 Å². The zero-order valence-corrected chi connectivity index (χ0v) is 5.27. The minimum atomic E-state index is -0.651. The van der Waals surface area contributed by atoms with Crippen molar-refractivity contribution in [2.45, 2.75) is 6.42 Å². The second-order valence-corrected chi connectivity index (χ2v) is 1.87. The third-order valence-electron chi connectivity index (χ3n) is 1.15. The third kappa shape index (κ3) is 0.949. The summed E-state index contributed by atoms with van der Waals surface area (Å²) in [6.45, 7) is 0. The van der Waals surface area contributed by atoms with Crippen LogP contribution < -0.4 is 0 Å². The molecule has 0 atom stereocenters. The molecule has 1 amide bonds. The van der Waals surface area contributed by atoms with E-state index in [0.29, 0.717) is 0 Å². The van der Waals surface area contributed by atoms with Gasteiger partial charge < -0.3 is 10.1 Å². The van der Waals surface area contributed by atoms with Crippen LogP contribution >= 0.6 is 0 Å². The molecule has 1 rings (SSSR count). The van der Waals surface area contributed by atoms with Gasteiger partial charge >= 0.3 is 5.84 Å². The maximum atomic E-state index is 10.6. The van der Waals surface area contributed by atoms with Crippen molar-refractivity contribution in [3.05, 3.63) is 10.1 Å². The lowest BCUT2D eigenvalue weighted by atomic mass is 10.4. The third-order valence-corrected chi connectivity index (χ3v) is 1.15. The summed E-state index contributed by atoms with van der Waals surface area (Å²) in [5.74, 6) is -0.626. The van der Waals surface area contributed by atoms with E-state index >= 15 is 0 Å². The minimum Gasteiger partial charge on any atom is -0.358 e. The second-order valence-electron chi connectivity index (χ2n) is 1.87. The molecular weight excluding hydrogens is 138 g/mol. The van der Waals surface area contributed by atoms with Gasteiger partial charge in [0.05, 0.1) is 12.1 Å². The van der Waals surface area contributed by atoms with E-state index in [1.165, 1.54) is 7.05 Å². The van der Waals surface area contributed by atoms with Crippen molar-refractivity contribution >= 4 is 11.7 Å². The number of hydrogen-bond donors (Lipinski definition) is 0. The normalized spacial score (nSPS) is 17.5. The number of rotatable bonds is 0. The highest BCUT2D eigenvalue weighted by Crippen LogP contribution is 2.04. The summed E-state index contributed by atoms with van der Waals surface area (Å²) >= 11 is 0. The Bertz CT molecular complexity index is 222. The maximum absolute atomic E-state index is 10.6. The molecule has 0 fully saturated rings. The van der Waals surface area contributed by atoms with Gasteiger partial charge in [-0.25, -0.2) is 0 Å². The predicted octanol–water partition coefficient (Wildman–Crippen LogP) is -0.561. The Morgan fingerprint density at radius 3 is 2.60 bits per heavy atom. The van der Waals surface area contributed by atoms with Gasteiger partial charge in [0.15, 0.2) is 0 Å². The summed E-state index contributed by atoms with van der Waals surface area (Å²) in [6, 6.07) is 0. The average Bonchev–Trinajstić information content (AvgIpc) is 2.13. The summed E-state index contributed by atoms with van der Waals surface area (Å²) in [7, 11) is 1.39. The van der Waals surface area contributed by atoms with Crippen molar-refractivity contribution in [3.8, 4) is 0 Å². The van der Waals surface area contributed by atoms with E-state index in [0.717, 1.165) is 5.01 Å². The van der Waals surface area contributed by atoms with Gasteiger partial charge in [-0.2, -0.15) is 0 Å². The number of carbonyl (C=O) groups excluding carboxylic acids is 1. The van der Waals surface area contributed by atoms with Gasteiger partial charge in [-0.3, -0.25) is 4.79 Å². The van der Waals surface area contributed by atoms with Crippen molar-refractivity contribution in [1.82, 2.24) is 5.01 Å². The van der Waals surface area contributed by atoms with Crippen molar-refractivity contribution in [1.29, 1.82) is 0 Å². The number of nitro groups is 1. The number of nitrogens with zero attached hydrogens (tertiary/aromatic N) is 3. The number of amidine groups is 1. The molecule has 10 heavy (non-hydrogen) atoms. The Hall–Kier alpha value is -1.46. The molecule has 1 aliphatic heterocycles. The first-order chi connectivity index (χ1) is 4.61. The van der Waals surface area contributed by atoms with Gasteiger partial charge in [-0.15, -0.1) is 5.01 Å². The monoisotopic (exact) mass is 143 g/mol. The lowest BCUT2D eigenvalue weighted by molar-refractivity contribution is -0.352. The molecule has 0 bridgehead atoms. The highest BCUT2D eigenvalue weighted by molar-refractivity contribution is 5.99. The molecule has 0 spiro atoms. The van der Waals surface area contributed by atoms with E-state index in [1.54, 1.807) is 0 Å². The summed E-state index contributed by atoms with van der Waals surface area (Å²) in [5.41, 5.74) is 0. The fourth-order valence-corrected chi connectivity index (χ4v) is 0.615. The van der Waals surface area contributed by atoms with Crippen LogP contribution in [0.25, 0.3) is 0 Å². The molecule has 6 heteroatoms. The number of amides is 1. The van der Waals surface area contributed by atoms with Crippen LogP contribution in [0.15, 0.2) is 5.10 Å². The van der Waals surface area contributed by atoms with Crippen molar-refractivity contribution in [2.24, 2.45) is 5.10 Å². The Kier molecular flexibility index (Phi) is 1.37. The van der Waals surface area contributed by atoms with Crippen molar-refractivity contribution in [3.63, 3.8) is 0 Å². The maximum Gasteiger partial charge on any atom is 0.373 e. The molecule has 0 unspecified atom stereocenters. The second kappa shape index (κ2) is 2.05. The quantitative estimate of drug-likeness (QED) is 0.337. The summed E-state index contributed by atoms with van der Waals surface area (Å²) in [5, 5.41) is 14.3. The van der Waals surface area contributed by atoms with Crippen LogP contribution in [0.2, 0.25) is 0 Å². The Morgan fingerprint density at radius 1 is 1.80 bits per heavy atom. The molecule has 54 valence electrons. The van der Waals surface area contributed by atoms with Crippen LogP contribution in [0.4, 0.5) is 0 Å². The molecule has 0 aliphatic carbocycles. The molecule has 0 radical (unpaired) electrons. The van der Waals surface area contributed by atoms with E-state index in [-0.39, 0.29) is 18.2 Å².